The molecule has 0 aromatic heterocycles. The molecule has 5 nitrogen and oxygen atoms in total. The molecule has 2 unspecified atom stereocenters. The summed E-state index contributed by atoms with van der Waals surface area (Å²) in [5.41, 5.74) is 0. The molecule has 0 fully saturated rings. The van der Waals surface area contributed by atoms with E-state index in [0.29, 0.717) is 19.3 Å². The van der Waals surface area contributed by atoms with Crippen molar-refractivity contribution in [2.45, 2.75) is 70.6 Å². The van der Waals surface area contributed by atoms with Crippen LogP contribution in [0.4, 0.5) is 0 Å². The van der Waals surface area contributed by atoms with Gasteiger partial charge in [0.1, 0.15) is 0 Å². The van der Waals surface area contributed by atoms with E-state index in [1.165, 1.54) is 0 Å². The molecule has 1 amide bonds. The van der Waals surface area contributed by atoms with E-state index in [9.17, 15) is 17.8 Å². The molecule has 2 N–H and O–H groups in total. The Morgan fingerprint density at radius 2 is 1.86 bits per heavy atom. The van der Waals surface area contributed by atoms with Crippen molar-refractivity contribution in [1.29, 1.82) is 0 Å². The molecule has 0 aliphatic rings. The molecule has 6 heteroatoms. The maximum absolute atomic E-state index is 12.1. The zero-order valence-electron chi connectivity index (χ0n) is 13.4. The SMILES string of the molecule is C=CC(=O)NC(CCC)(C(CCC)CCCC)S(=O)(=O)O. The maximum Gasteiger partial charge on any atom is 0.289 e. The molecule has 124 valence electrons. The van der Waals surface area contributed by atoms with Gasteiger partial charge in [0.2, 0.25) is 5.91 Å². The van der Waals surface area contributed by atoms with Crippen molar-refractivity contribution in [3.63, 3.8) is 0 Å². The van der Waals surface area contributed by atoms with Gasteiger partial charge in [0, 0.05) is 0 Å². The summed E-state index contributed by atoms with van der Waals surface area (Å²) in [6, 6.07) is 0. The second-order valence-electron chi connectivity index (χ2n) is 5.44. The molecule has 0 aromatic rings. The minimum absolute atomic E-state index is 0.194. The van der Waals surface area contributed by atoms with Crippen LogP contribution in [-0.4, -0.2) is 23.7 Å². The quantitative estimate of drug-likeness (QED) is 0.452. The molecule has 2 atom stereocenters. The lowest BCUT2D eigenvalue weighted by molar-refractivity contribution is -0.118. The topological polar surface area (TPSA) is 83.5 Å². The molecular weight excluding hydrogens is 290 g/mol. The first-order valence-corrected chi connectivity index (χ1v) is 9.14. The van der Waals surface area contributed by atoms with Crippen molar-refractivity contribution < 1.29 is 17.8 Å². The predicted molar refractivity (Wildman–Crippen MR) is 85.5 cm³/mol. The van der Waals surface area contributed by atoms with E-state index in [0.717, 1.165) is 25.3 Å². The van der Waals surface area contributed by atoms with Gasteiger partial charge in [-0.3, -0.25) is 9.35 Å². The average molecular weight is 319 g/mol. The molecule has 0 radical (unpaired) electrons. The number of unbranched alkanes of at least 4 members (excludes halogenated alkanes) is 1. The minimum atomic E-state index is -4.43. The fraction of sp³-hybridized carbons (Fsp3) is 0.800. The van der Waals surface area contributed by atoms with Crippen LogP contribution in [0.3, 0.4) is 0 Å². The van der Waals surface area contributed by atoms with E-state index in [1.54, 1.807) is 0 Å². The van der Waals surface area contributed by atoms with Gasteiger partial charge in [0.25, 0.3) is 10.1 Å². The highest BCUT2D eigenvalue weighted by molar-refractivity contribution is 7.87. The number of amides is 1. The highest BCUT2D eigenvalue weighted by Gasteiger charge is 2.49. The molecule has 0 saturated carbocycles. The van der Waals surface area contributed by atoms with Gasteiger partial charge >= 0.3 is 0 Å². The third-order valence-corrected chi connectivity index (χ3v) is 5.36. The predicted octanol–water partition coefficient (Wildman–Crippen LogP) is 3.28. The number of rotatable bonds is 11. The maximum atomic E-state index is 12.1. The van der Waals surface area contributed by atoms with E-state index < -0.39 is 20.9 Å². The molecular formula is C15H29NO4S. The van der Waals surface area contributed by atoms with E-state index >= 15 is 0 Å². The summed E-state index contributed by atoms with van der Waals surface area (Å²) < 4.78 is 34.0. The smallest absolute Gasteiger partial charge is 0.289 e. The summed E-state index contributed by atoms with van der Waals surface area (Å²) in [6.07, 6.45) is 5.65. The standard InChI is InChI=1S/C15H29NO4S/c1-5-9-11-13(10-6-2)15(12-7-3,21(18,19)20)16-14(17)8-4/h8,13H,4-7,9-12H2,1-3H3,(H,16,17)(H,18,19,20). The van der Waals surface area contributed by atoms with Gasteiger partial charge in [0.15, 0.2) is 4.87 Å². The first-order chi connectivity index (χ1) is 9.78. The Hall–Kier alpha value is -0.880. The Kier molecular flexibility index (Phi) is 8.82. The highest BCUT2D eigenvalue weighted by Crippen LogP contribution is 2.35. The van der Waals surface area contributed by atoms with Crippen LogP contribution in [0.25, 0.3) is 0 Å². The summed E-state index contributed by atoms with van der Waals surface area (Å²) in [5.74, 6) is -0.875. The largest absolute Gasteiger partial charge is 0.331 e. The zero-order valence-corrected chi connectivity index (χ0v) is 14.2. The second kappa shape index (κ2) is 9.20. The normalized spacial score (nSPS) is 16.0. The summed E-state index contributed by atoms with van der Waals surface area (Å²) in [7, 11) is -4.43. The van der Waals surface area contributed by atoms with Gasteiger partial charge in [-0.1, -0.05) is 53.0 Å². The monoisotopic (exact) mass is 319 g/mol. The van der Waals surface area contributed by atoms with E-state index in [2.05, 4.69) is 11.9 Å². The van der Waals surface area contributed by atoms with Crippen LogP contribution in [0.15, 0.2) is 12.7 Å². The molecule has 0 rings (SSSR count). The highest BCUT2D eigenvalue weighted by atomic mass is 32.2. The van der Waals surface area contributed by atoms with Crippen LogP contribution in [0.5, 0.6) is 0 Å². The minimum Gasteiger partial charge on any atom is -0.331 e. The average Bonchev–Trinajstić information content (AvgIpc) is 2.41. The molecule has 0 aliphatic carbocycles. The van der Waals surface area contributed by atoms with Gasteiger partial charge in [-0.05, 0) is 31.3 Å². The number of carbonyl (C=O) groups excluding carboxylic acids is 1. The second-order valence-corrected chi connectivity index (χ2v) is 7.11. The number of hydrogen-bond acceptors (Lipinski definition) is 3. The lowest BCUT2D eigenvalue weighted by atomic mass is 9.86. The van der Waals surface area contributed by atoms with Gasteiger partial charge in [0.05, 0.1) is 0 Å². The Labute approximate surface area is 128 Å². The third-order valence-electron chi connectivity index (χ3n) is 3.80. The zero-order chi connectivity index (χ0) is 16.5. The summed E-state index contributed by atoms with van der Waals surface area (Å²) in [5, 5.41) is 2.52. The molecule has 0 aromatic carbocycles. The summed E-state index contributed by atoms with van der Waals surface area (Å²) in [6.45, 7) is 9.20. The third kappa shape index (κ3) is 5.43. The molecule has 0 heterocycles. The number of carbonyl (C=O) groups is 1. The number of hydrogen-bond donors (Lipinski definition) is 2. The van der Waals surface area contributed by atoms with Gasteiger partial charge in [-0.2, -0.15) is 8.42 Å². The number of nitrogens with one attached hydrogen (secondary N) is 1. The van der Waals surface area contributed by atoms with Crippen molar-refractivity contribution in [2.24, 2.45) is 5.92 Å². The Morgan fingerprint density at radius 3 is 2.24 bits per heavy atom. The van der Waals surface area contributed by atoms with Gasteiger partial charge < -0.3 is 5.32 Å². The summed E-state index contributed by atoms with van der Waals surface area (Å²) >= 11 is 0. The lowest BCUT2D eigenvalue weighted by Crippen LogP contribution is -2.58. The molecule has 0 aliphatic heterocycles. The van der Waals surface area contributed by atoms with Crippen molar-refractivity contribution in [2.75, 3.05) is 0 Å². The van der Waals surface area contributed by atoms with Crippen LogP contribution in [0, 0.1) is 5.92 Å². The van der Waals surface area contributed by atoms with E-state index in [-0.39, 0.29) is 12.3 Å². The van der Waals surface area contributed by atoms with Crippen molar-refractivity contribution in [3.05, 3.63) is 12.7 Å². The molecule has 0 spiro atoms. The van der Waals surface area contributed by atoms with E-state index in [1.807, 2.05) is 20.8 Å². The van der Waals surface area contributed by atoms with Crippen LogP contribution < -0.4 is 5.32 Å². The van der Waals surface area contributed by atoms with Crippen molar-refractivity contribution >= 4 is 16.0 Å². The van der Waals surface area contributed by atoms with Crippen molar-refractivity contribution in [1.82, 2.24) is 5.32 Å². The van der Waals surface area contributed by atoms with Gasteiger partial charge in [-0.15, -0.1) is 0 Å². The fourth-order valence-electron chi connectivity index (χ4n) is 2.81. The molecule has 0 saturated heterocycles. The fourth-order valence-corrected chi connectivity index (χ4v) is 4.16. The lowest BCUT2D eigenvalue weighted by Gasteiger charge is -2.38. The Balaban J connectivity index is 5.77. The van der Waals surface area contributed by atoms with E-state index in [4.69, 9.17) is 0 Å². The molecule has 21 heavy (non-hydrogen) atoms. The van der Waals surface area contributed by atoms with Crippen LogP contribution in [-0.2, 0) is 14.9 Å². The summed E-state index contributed by atoms with van der Waals surface area (Å²) in [4.78, 5) is 10.1. The molecule has 0 bridgehead atoms. The van der Waals surface area contributed by atoms with Crippen LogP contribution >= 0.6 is 0 Å². The Bertz CT molecular complexity index is 433. The Morgan fingerprint density at radius 1 is 1.24 bits per heavy atom. The van der Waals surface area contributed by atoms with Crippen molar-refractivity contribution in [3.8, 4) is 0 Å². The van der Waals surface area contributed by atoms with Gasteiger partial charge in [-0.25, -0.2) is 0 Å². The first kappa shape index (κ1) is 20.1. The van der Waals surface area contributed by atoms with Crippen LogP contribution in [0.1, 0.15) is 65.7 Å². The first-order valence-electron chi connectivity index (χ1n) is 7.70. The van der Waals surface area contributed by atoms with Crippen LogP contribution in [0.2, 0.25) is 0 Å².